The molecule has 0 bridgehead atoms. The number of rotatable bonds is 3. The van der Waals surface area contributed by atoms with E-state index in [1.165, 1.54) is 0 Å². The Morgan fingerprint density at radius 1 is 1.00 bits per heavy atom. The van der Waals surface area contributed by atoms with Crippen LogP contribution in [0.15, 0.2) is 58.8 Å². The second kappa shape index (κ2) is 5.77. The molecule has 17 heavy (non-hydrogen) atoms. The summed E-state index contributed by atoms with van der Waals surface area (Å²) in [6.45, 7) is 0. The Kier molecular flexibility index (Phi) is 4.08. The van der Waals surface area contributed by atoms with Crippen LogP contribution >= 0.6 is 22.6 Å². The predicted octanol–water partition coefficient (Wildman–Crippen LogP) is 4.72. The lowest BCUT2D eigenvalue weighted by molar-refractivity contribution is 0.414. The quantitative estimate of drug-likeness (QED) is 0.589. The summed E-state index contributed by atoms with van der Waals surface area (Å²) < 4.78 is 6.15. The fourth-order valence-corrected chi connectivity index (χ4v) is 1.90. The molecule has 0 amide bonds. The molecule has 0 aliphatic carbocycles. The molecule has 2 aromatic carbocycles. The van der Waals surface area contributed by atoms with E-state index in [-0.39, 0.29) is 0 Å². The number of benzene rings is 2. The van der Waals surface area contributed by atoms with E-state index < -0.39 is 0 Å². The van der Waals surface area contributed by atoms with Crippen molar-refractivity contribution in [1.82, 2.24) is 0 Å². The lowest BCUT2D eigenvalue weighted by atomic mass is 10.3. The highest BCUT2D eigenvalue weighted by molar-refractivity contribution is 14.1. The van der Waals surface area contributed by atoms with Crippen LogP contribution in [0.5, 0.6) is 5.75 Å². The highest BCUT2D eigenvalue weighted by Gasteiger charge is 2.00. The molecule has 0 spiro atoms. The predicted molar refractivity (Wildman–Crippen MR) is 76.3 cm³/mol. The highest BCUT2D eigenvalue weighted by Crippen LogP contribution is 2.27. The van der Waals surface area contributed by atoms with Gasteiger partial charge in [-0.25, -0.2) is 0 Å². The van der Waals surface area contributed by atoms with Gasteiger partial charge in [0.15, 0.2) is 0 Å². The summed E-state index contributed by atoms with van der Waals surface area (Å²) in [5.41, 5.74) is 1.69. The standard InChI is InChI=1S/C13H11IN2O/c1-17-11-7-8-13(12(14)9-11)16-15-10-5-3-2-4-6-10/h2-9H,1H3. The van der Waals surface area contributed by atoms with Gasteiger partial charge in [0.05, 0.1) is 18.5 Å². The third kappa shape index (κ3) is 3.26. The zero-order valence-electron chi connectivity index (χ0n) is 9.30. The van der Waals surface area contributed by atoms with E-state index in [1.807, 2.05) is 48.5 Å². The lowest BCUT2D eigenvalue weighted by Crippen LogP contribution is -1.82. The topological polar surface area (TPSA) is 34.0 Å². The van der Waals surface area contributed by atoms with E-state index in [0.717, 1.165) is 20.7 Å². The maximum Gasteiger partial charge on any atom is 0.120 e. The van der Waals surface area contributed by atoms with Gasteiger partial charge in [-0.3, -0.25) is 0 Å². The molecule has 4 heteroatoms. The van der Waals surface area contributed by atoms with Crippen molar-refractivity contribution in [3.05, 3.63) is 52.1 Å². The average molecular weight is 338 g/mol. The largest absolute Gasteiger partial charge is 0.497 e. The molecule has 0 heterocycles. The lowest BCUT2D eigenvalue weighted by Gasteiger charge is -2.01. The minimum atomic E-state index is 0.827. The highest BCUT2D eigenvalue weighted by atomic mass is 127. The maximum atomic E-state index is 5.14. The molecule has 0 atom stereocenters. The first-order valence-corrected chi connectivity index (χ1v) is 6.18. The molecular formula is C13H11IN2O. The minimum absolute atomic E-state index is 0.827. The Labute approximate surface area is 114 Å². The molecule has 0 fully saturated rings. The number of halogens is 1. The van der Waals surface area contributed by atoms with Crippen LogP contribution in [-0.4, -0.2) is 7.11 Å². The smallest absolute Gasteiger partial charge is 0.120 e. The molecule has 0 N–H and O–H groups in total. The summed E-state index contributed by atoms with van der Waals surface area (Å²) in [7, 11) is 1.65. The van der Waals surface area contributed by atoms with Crippen LogP contribution in [0.3, 0.4) is 0 Å². The molecule has 0 aliphatic heterocycles. The SMILES string of the molecule is COc1ccc(N=Nc2ccccc2)c(I)c1. The number of ether oxygens (including phenoxy) is 1. The summed E-state index contributed by atoms with van der Waals surface area (Å²) in [6.07, 6.45) is 0. The van der Waals surface area contributed by atoms with Crippen molar-refractivity contribution in [3.8, 4) is 5.75 Å². The summed E-state index contributed by atoms with van der Waals surface area (Å²) in [4.78, 5) is 0. The van der Waals surface area contributed by atoms with Crippen LogP contribution in [0.4, 0.5) is 11.4 Å². The van der Waals surface area contributed by atoms with Gasteiger partial charge in [0.25, 0.3) is 0 Å². The van der Waals surface area contributed by atoms with Crippen molar-refractivity contribution < 1.29 is 4.74 Å². The molecule has 3 nitrogen and oxygen atoms in total. The number of nitrogens with zero attached hydrogens (tertiary/aromatic N) is 2. The zero-order chi connectivity index (χ0) is 12.1. The average Bonchev–Trinajstić information content (AvgIpc) is 2.38. The number of hydrogen-bond acceptors (Lipinski definition) is 3. The minimum Gasteiger partial charge on any atom is -0.497 e. The number of methoxy groups -OCH3 is 1. The van der Waals surface area contributed by atoms with Crippen LogP contribution in [0.25, 0.3) is 0 Å². The van der Waals surface area contributed by atoms with Gasteiger partial charge >= 0.3 is 0 Å². The molecule has 0 unspecified atom stereocenters. The van der Waals surface area contributed by atoms with Gasteiger partial charge in [-0.2, -0.15) is 5.11 Å². The van der Waals surface area contributed by atoms with Crippen molar-refractivity contribution in [2.75, 3.05) is 7.11 Å². The maximum absolute atomic E-state index is 5.14. The normalized spacial score (nSPS) is 10.7. The van der Waals surface area contributed by atoms with Crippen LogP contribution in [0, 0.1) is 3.57 Å². The second-order valence-corrected chi connectivity index (χ2v) is 4.52. The monoisotopic (exact) mass is 338 g/mol. The van der Waals surface area contributed by atoms with Crippen molar-refractivity contribution in [1.29, 1.82) is 0 Å². The van der Waals surface area contributed by atoms with Crippen LogP contribution in [0.2, 0.25) is 0 Å². The Morgan fingerprint density at radius 2 is 1.76 bits per heavy atom. The van der Waals surface area contributed by atoms with Gasteiger partial charge in [-0.1, -0.05) is 18.2 Å². The Balaban J connectivity index is 2.22. The molecule has 2 rings (SSSR count). The molecule has 0 radical (unpaired) electrons. The molecule has 0 saturated carbocycles. The van der Waals surface area contributed by atoms with Gasteiger partial charge in [0.2, 0.25) is 0 Å². The van der Waals surface area contributed by atoms with E-state index in [1.54, 1.807) is 7.11 Å². The molecule has 2 aromatic rings. The first kappa shape index (κ1) is 12.0. The first-order valence-electron chi connectivity index (χ1n) is 5.10. The summed E-state index contributed by atoms with van der Waals surface area (Å²) in [5, 5.41) is 8.39. The summed E-state index contributed by atoms with van der Waals surface area (Å²) >= 11 is 2.22. The first-order chi connectivity index (χ1) is 8.29. The fraction of sp³-hybridized carbons (Fsp3) is 0.0769. The Hall–Kier alpha value is -1.43. The van der Waals surface area contributed by atoms with Gasteiger partial charge in [-0.05, 0) is 52.9 Å². The molecule has 86 valence electrons. The number of hydrogen-bond donors (Lipinski definition) is 0. The van der Waals surface area contributed by atoms with Crippen molar-refractivity contribution in [2.45, 2.75) is 0 Å². The van der Waals surface area contributed by atoms with Crippen molar-refractivity contribution in [3.63, 3.8) is 0 Å². The molecule has 0 aliphatic rings. The van der Waals surface area contributed by atoms with Gasteiger partial charge in [0.1, 0.15) is 5.75 Å². The summed E-state index contributed by atoms with van der Waals surface area (Å²) in [6, 6.07) is 15.4. The van der Waals surface area contributed by atoms with Crippen LogP contribution in [0.1, 0.15) is 0 Å². The van der Waals surface area contributed by atoms with Gasteiger partial charge < -0.3 is 4.74 Å². The third-order valence-corrected chi connectivity index (χ3v) is 3.05. The van der Waals surface area contributed by atoms with Crippen molar-refractivity contribution in [2.24, 2.45) is 10.2 Å². The van der Waals surface area contributed by atoms with Crippen LogP contribution < -0.4 is 4.74 Å². The summed E-state index contributed by atoms with van der Waals surface area (Å²) in [5.74, 6) is 0.827. The second-order valence-electron chi connectivity index (χ2n) is 3.35. The molecule has 0 aromatic heterocycles. The zero-order valence-corrected chi connectivity index (χ0v) is 11.5. The number of azo groups is 1. The van der Waals surface area contributed by atoms with E-state index >= 15 is 0 Å². The Morgan fingerprint density at radius 3 is 2.41 bits per heavy atom. The van der Waals surface area contributed by atoms with Gasteiger partial charge in [0, 0.05) is 3.57 Å². The van der Waals surface area contributed by atoms with Gasteiger partial charge in [-0.15, -0.1) is 5.11 Å². The Bertz CT molecular complexity index is 526. The van der Waals surface area contributed by atoms with E-state index in [9.17, 15) is 0 Å². The van der Waals surface area contributed by atoms with E-state index in [4.69, 9.17) is 4.74 Å². The van der Waals surface area contributed by atoms with E-state index in [0.29, 0.717) is 0 Å². The van der Waals surface area contributed by atoms with E-state index in [2.05, 4.69) is 32.8 Å². The van der Waals surface area contributed by atoms with Crippen molar-refractivity contribution >= 4 is 34.0 Å². The van der Waals surface area contributed by atoms with Crippen LogP contribution in [-0.2, 0) is 0 Å². The molecular weight excluding hydrogens is 327 g/mol. The fourth-order valence-electron chi connectivity index (χ4n) is 1.30. The third-order valence-electron chi connectivity index (χ3n) is 2.18. The molecule has 0 saturated heterocycles.